The fourth-order valence-electron chi connectivity index (χ4n) is 3.54. The normalized spacial score (nSPS) is 31.4. The van der Waals surface area contributed by atoms with Crippen LogP contribution < -0.4 is 0 Å². The van der Waals surface area contributed by atoms with Crippen molar-refractivity contribution in [3.8, 4) is 0 Å². The minimum atomic E-state index is -0.620. The van der Waals surface area contributed by atoms with Crippen molar-refractivity contribution in [3.05, 3.63) is 0 Å². The van der Waals surface area contributed by atoms with Crippen molar-refractivity contribution in [2.45, 2.75) is 64.3 Å². The van der Waals surface area contributed by atoms with Gasteiger partial charge in [-0.3, -0.25) is 9.69 Å². The Morgan fingerprint density at radius 3 is 2.61 bits per heavy atom. The fourth-order valence-corrected chi connectivity index (χ4v) is 3.54. The van der Waals surface area contributed by atoms with Crippen LogP contribution in [0.5, 0.6) is 0 Å². The topological polar surface area (TPSA) is 40.5 Å². The monoisotopic (exact) mass is 253 g/mol. The van der Waals surface area contributed by atoms with E-state index >= 15 is 0 Å². The summed E-state index contributed by atoms with van der Waals surface area (Å²) in [4.78, 5) is 13.5. The van der Waals surface area contributed by atoms with Gasteiger partial charge in [0.2, 0.25) is 0 Å². The highest BCUT2D eigenvalue weighted by Crippen LogP contribution is 2.28. The Morgan fingerprint density at radius 2 is 1.94 bits per heavy atom. The van der Waals surface area contributed by atoms with Gasteiger partial charge in [0.25, 0.3) is 0 Å². The van der Waals surface area contributed by atoms with Gasteiger partial charge < -0.3 is 5.11 Å². The molecule has 0 aromatic heterocycles. The summed E-state index contributed by atoms with van der Waals surface area (Å²) in [5.41, 5.74) is 0. The largest absolute Gasteiger partial charge is 0.480 e. The number of carbonyl (C=O) groups is 1. The summed E-state index contributed by atoms with van der Waals surface area (Å²) < 4.78 is 0. The van der Waals surface area contributed by atoms with Crippen molar-refractivity contribution in [2.75, 3.05) is 13.1 Å². The molecule has 1 heterocycles. The molecule has 0 bridgehead atoms. The second-order valence-corrected chi connectivity index (χ2v) is 6.31. The molecule has 2 unspecified atom stereocenters. The summed E-state index contributed by atoms with van der Waals surface area (Å²) in [5.74, 6) is 0.801. The number of aliphatic carboxylic acids is 1. The minimum absolute atomic E-state index is 0.225. The van der Waals surface area contributed by atoms with E-state index in [1.165, 1.54) is 38.5 Å². The molecule has 2 rings (SSSR count). The standard InChI is InChI=1S/C15H27NO2/c1-12-7-9-16(14(11-12)15(17)18)10-8-13-5-3-2-4-6-13/h12-14H,2-11H2,1H3,(H,17,18). The molecule has 1 saturated carbocycles. The van der Waals surface area contributed by atoms with Gasteiger partial charge in [-0.25, -0.2) is 0 Å². The SMILES string of the molecule is CC1CCN(CCC2CCCCC2)C(C(=O)O)C1. The average molecular weight is 253 g/mol. The molecule has 3 heteroatoms. The van der Waals surface area contributed by atoms with Gasteiger partial charge in [0.1, 0.15) is 6.04 Å². The highest BCUT2D eigenvalue weighted by atomic mass is 16.4. The third kappa shape index (κ3) is 3.71. The number of nitrogens with zero attached hydrogens (tertiary/aromatic N) is 1. The molecule has 0 aromatic rings. The van der Waals surface area contributed by atoms with Crippen LogP contribution in [0.15, 0.2) is 0 Å². The van der Waals surface area contributed by atoms with Crippen molar-refractivity contribution in [3.63, 3.8) is 0 Å². The van der Waals surface area contributed by atoms with E-state index in [9.17, 15) is 9.90 Å². The number of hydrogen-bond donors (Lipinski definition) is 1. The summed E-state index contributed by atoms with van der Waals surface area (Å²) in [6, 6.07) is -0.225. The molecule has 1 aliphatic carbocycles. The zero-order valence-corrected chi connectivity index (χ0v) is 11.6. The summed E-state index contributed by atoms with van der Waals surface area (Å²) in [6.45, 7) is 4.15. The van der Waals surface area contributed by atoms with Crippen LogP contribution in [0.1, 0.15) is 58.3 Å². The van der Waals surface area contributed by atoms with E-state index in [0.29, 0.717) is 5.92 Å². The van der Waals surface area contributed by atoms with Gasteiger partial charge in [0.05, 0.1) is 0 Å². The third-order valence-corrected chi connectivity index (χ3v) is 4.81. The zero-order valence-electron chi connectivity index (χ0n) is 11.6. The molecule has 0 radical (unpaired) electrons. The molecule has 2 fully saturated rings. The first-order valence-corrected chi connectivity index (χ1v) is 7.63. The second-order valence-electron chi connectivity index (χ2n) is 6.31. The highest BCUT2D eigenvalue weighted by Gasteiger charge is 2.31. The number of piperidine rings is 1. The summed E-state index contributed by atoms with van der Waals surface area (Å²) in [6.07, 6.45) is 10.1. The van der Waals surface area contributed by atoms with E-state index in [2.05, 4.69) is 11.8 Å². The summed E-state index contributed by atoms with van der Waals surface area (Å²) >= 11 is 0. The summed E-state index contributed by atoms with van der Waals surface area (Å²) in [5, 5.41) is 9.32. The Morgan fingerprint density at radius 1 is 1.22 bits per heavy atom. The maximum absolute atomic E-state index is 11.3. The second kappa shape index (κ2) is 6.55. The van der Waals surface area contributed by atoms with Gasteiger partial charge in [-0.05, 0) is 44.2 Å². The number of carboxylic acid groups (broad SMARTS) is 1. The van der Waals surface area contributed by atoms with Crippen LogP contribution in [0.25, 0.3) is 0 Å². The first-order chi connectivity index (χ1) is 8.66. The lowest BCUT2D eigenvalue weighted by Gasteiger charge is -2.37. The number of hydrogen-bond acceptors (Lipinski definition) is 2. The predicted octanol–water partition coefficient (Wildman–Crippen LogP) is 3.14. The molecule has 1 aliphatic heterocycles. The Hall–Kier alpha value is -0.570. The van der Waals surface area contributed by atoms with E-state index in [1.807, 2.05) is 0 Å². The van der Waals surface area contributed by atoms with Crippen LogP contribution in [0.2, 0.25) is 0 Å². The van der Waals surface area contributed by atoms with Crippen molar-refractivity contribution in [2.24, 2.45) is 11.8 Å². The molecule has 0 spiro atoms. The number of carboxylic acids is 1. The quantitative estimate of drug-likeness (QED) is 0.836. The zero-order chi connectivity index (χ0) is 13.0. The molecule has 1 N–H and O–H groups in total. The van der Waals surface area contributed by atoms with Crippen molar-refractivity contribution < 1.29 is 9.90 Å². The Labute approximate surface area is 111 Å². The maximum Gasteiger partial charge on any atom is 0.320 e. The average Bonchev–Trinajstić information content (AvgIpc) is 2.38. The molecule has 104 valence electrons. The molecule has 18 heavy (non-hydrogen) atoms. The van der Waals surface area contributed by atoms with Crippen LogP contribution in [-0.4, -0.2) is 35.1 Å². The van der Waals surface area contributed by atoms with Crippen molar-refractivity contribution in [1.82, 2.24) is 4.90 Å². The molecule has 0 amide bonds. The number of rotatable bonds is 4. The molecular weight excluding hydrogens is 226 g/mol. The Balaban J connectivity index is 1.80. The predicted molar refractivity (Wildman–Crippen MR) is 72.6 cm³/mol. The van der Waals surface area contributed by atoms with Gasteiger partial charge in [0, 0.05) is 0 Å². The van der Waals surface area contributed by atoms with Crippen LogP contribution in [0.4, 0.5) is 0 Å². The van der Waals surface area contributed by atoms with Gasteiger partial charge in [-0.2, -0.15) is 0 Å². The van der Waals surface area contributed by atoms with Gasteiger partial charge in [0.15, 0.2) is 0 Å². The van der Waals surface area contributed by atoms with Crippen molar-refractivity contribution >= 4 is 5.97 Å². The van der Waals surface area contributed by atoms with Gasteiger partial charge in [-0.1, -0.05) is 39.0 Å². The van der Waals surface area contributed by atoms with E-state index in [1.54, 1.807) is 0 Å². The molecular formula is C15H27NO2. The van der Waals surface area contributed by atoms with E-state index in [-0.39, 0.29) is 6.04 Å². The molecule has 2 atom stereocenters. The molecule has 1 saturated heterocycles. The van der Waals surface area contributed by atoms with Crippen LogP contribution >= 0.6 is 0 Å². The Kier molecular flexibility index (Phi) is 5.04. The minimum Gasteiger partial charge on any atom is -0.480 e. The third-order valence-electron chi connectivity index (χ3n) is 4.81. The molecule has 0 aromatic carbocycles. The van der Waals surface area contributed by atoms with E-state index < -0.39 is 5.97 Å². The lowest BCUT2D eigenvalue weighted by molar-refractivity contribution is -0.145. The maximum atomic E-state index is 11.3. The van der Waals surface area contributed by atoms with Crippen LogP contribution in [0.3, 0.4) is 0 Å². The first kappa shape index (κ1) is 13.9. The van der Waals surface area contributed by atoms with Crippen LogP contribution in [-0.2, 0) is 4.79 Å². The van der Waals surface area contributed by atoms with Crippen LogP contribution in [0, 0.1) is 11.8 Å². The van der Waals surface area contributed by atoms with E-state index in [4.69, 9.17) is 0 Å². The van der Waals surface area contributed by atoms with Gasteiger partial charge in [-0.15, -0.1) is 0 Å². The molecule has 3 nitrogen and oxygen atoms in total. The van der Waals surface area contributed by atoms with E-state index in [0.717, 1.165) is 31.8 Å². The van der Waals surface area contributed by atoms with Gasteiger partial charge >= 0.3 is 5.97 Å². The Bertz CT molecular complexity index is 274. The summed E-state index contributed by atoms with van der Waals surface area (Å²) in [7, 11) is 0. The fraction of sp³-hybridized carbons (Fsp3) is 0.933. The lowest BCUT2D eigenvalue weighted by atomic mass is 9.86. The van der Waals surface area contributed by atoms with Crippen molar-refractivity contribution in [1.29, 1.82) is 0 Å². The highest BCUT2D eigenvalue weighted by molar-refractivity contribution is 5.73. The lowest BCUT2D eigenvalue weighted by Crippen LogP contribution is -2.47. The smallest absolute Gasteiger partial charge is 0.320 e. The number of likely N-dealkylation sites (tertiary alicyclic amines) is 1. The first-order valence-electron chi connectivity index (χ1n) is 7.63. The molecule has 2 aliphatic rings.